The summed E-state index contributed by atoms with van der Waals surface area (Å²) in [4.78, 5) is 48.9. The highest BCUT2D eigenvalue weighted by atomic mass is 28.4. The molecule has 462 valence electrons. The van der Waals surface area contributed by atoms with Gasteiger partial charge in [0.05, 0.1) is 49.4 Å². The Hall–Kier alpha value is -7.45. The number of hydrogen-bond acceptors (Lipinski definition) is 16. The molecule has 1 unspecified atom stereocenters. The zero-order valence-electron chi connectivity index (χ0n) is 51.4. The summed E-state index contributed by atoms with van der Waals surface area (Å²) in [6.07, 6.45) is 5.18. The van der Waals surface area contributed by atoms with Gasteiger partial charge < -0.3 is 63.9 Å². The zero-order valence-corrected chi connectivity index (χ0v) is 52.4. The molecule has 7 aromatic rings. The number of anilines is 2. The van der Waals surface area contributed by atoms with Gasteiger partial charge in [-0.1, -0.05) is 76.6 Å². The number of hydrogen-bond donors (Lipinski definition) is 4. The molecule has 86 heavy (non-hydrogen) atoms. The second-order valence-electron chi connectivity index (χ2n) is 23.4. The molecule has 4 aromatic heterocycles. The van der Waals surface area contributed by atoms with Crippen LogP contribution < -0.4 is 32.0 Å². The summed E-state index contributed by atoms with van der Waals surface area (Å²) < 4.78 is 58.8. The largest absolute Gasteiger partial charge is 0.494 e. The van der Waals surface area contributed by atoms with E-state index in [1.54, 1.807) is 51.3 Å². The lowest BCUT2D eigenvalue weighted by molar-refractivity contribution is -0.360. The van der Waals surface area contributed by atoms with E-state index in [1.165, 1.54) is 18.4 Å². The second-order valence-corrected chi connectivity index (χ2v) is 28.1. The van der Waals surface area contributed by atoms with Gasteiger partial charge in [0.2, 0.25) is 23.7 Å². The summed E-state index contributed by atoms with van der Waals surface area (Å²) in [5.41, 5.74) is 26.1. The molecule has 23 nitrogen and oxygen atoms in total. The number of primary amides is 2. The highest BCUT2D eigenvalue weighted by molar-refractivity contribution is 6.74. The van der Waals surface area contributed by atoms with Crippen LogP contribution in [0.25, 0.3) is 22.1 Å². The van der Waals surface area contributed by atoms with Gasteiger partial charge in [-0.25, -0.2) is 9.97 Å². The standard InChI is InChI=1S/C62H84N12O11Si/c1-12-45-42(38(4)70-73(45)13-2)25-18-15-19-28-74-46(31-37(3)69-74)57(77)68-61-67-44-33-40(55(63)75)34-47(78-8)50(44)72(61)27-21-20-26-71-51-43(66-60(71)65)32-41(56(64)76)35-48(51)80-29-22-30-81-54-53(85-86(10,11)62(5,6)7)52-49(83-59(54)79-9)36-82-58(84-52)39-23-16-14-17-24-39/h14,16-17,20-21,23-24,31-35,49,52-54,58-59H,12-13,15,18-19,22,25-30,36H2,1-11H3,(H2,63,75)(H2,64,76)(H2,65,66)(H,67,68,77)/b21-20+/t49-,52-,53+,54-,58?,59+/m1/s1. The van der Waals surface area contributed by atoms with Gasteiger partial charge in [0.25, 0.3) is 5.91 Å². The van der Waals surface area contributed by atoms with Crippen LogP contribution >= 0.6 is 0 Å². The van der Waals surface area contributed by atoms with E-state index in [4.69, 9.17) is 64.9 Å². The van der Waals surface area contributed by atoms with E-state index in [2.05, 4.69) is 74.7 Å². The van der Waals surface area contributed by atoms with Crippen molar-refractivity contribution in [3.8, 4) is 11.5 Å². The first-order valence-electron chi connectivity index (χ1n) is 29.6. The van der Waals surface area contributed by atoms with Crippen LogP contribution in [0.4, 0.5) is 11.9 Å². The summed E-state index contributed by atoms with van der Waals surface area (Å²) in [5.74, 6) is -0.711. The van der Waals surface area contributed by atoms with Crippen LogP contribution in [-0.2, 0) is 67.1 Å². The summed E-state index contributed by atoms with van der Waals surface area (Å²) in [6.45, 7) is 21.6. The minimum atomic E-state index is -2.42. The van der Waals surface area contributed by atoms with E-state index in [-0.39, 0.29) is 61.0 Å². The van der Waals surface area contributed by atoms with Crippen LogP contribution in [0.3, 0.4) is 0 Å². The Kier molecular flexibility index (Phi) is 19.9. The number of imidazole rings is 2. The van der Waals surface area contributed by atoms with Gasteiger partial charge in [-0.3, -0.25) is 29.1 Å². The van der Waals surface area contributed by atoms with E-state index in [0.717, 1.165) is 49.9 Å². The molecule has 0 saturated carbocycles. The minimum Gasteiger partial charge on any atom is -0.494 e. The Morgan fingerprint density at radius 1 is 0.814 bits per heavy atom. The van der Waals surface area contributed by atoms with E-state index >= 15 is 0 Å². The van der Waals surface area contributed by atoms with Gasteiger partial charge in [0.1, 0.15) is 52.6 Å². The third kappa shape index (κ3) is 13.7. The molecule has 7 N–H and O–H groups in total. The summed E-state index contributed by atoms with van der Waals surface area (Å²) in [5, 5.41) is 12.3. The first-order chi connectivity index (χ1) is 41.1. The number of benzene rings is 3. The molecule has 0 aliphatic carbocycles. The fourth-order valence-corrected chi connectivity index (χ4v) is 12.4. The number of ether oxygens (including phenoxy) is 7. The Bertz CT molecular complexity index is 3570. The SMILES string of the molecule is CCc1c(CCCCCn2nc(C)cc2C(=O)Nc2nc3cc(C(N)=O)cc(OC)c3n2C/C=C/Cn2c(N)nc3cc(C(N)=O)cc(OCCCO[C@H]4[C@@H](OC)O[C@@H]5COC(c6ccccc6)O[C@H]5[C@@H]4O[Si](C)(C)C(C)(C)C)c32)c(C)nn1CC. The van der Waals surface area contributed by atoms with Crippen LogP contribution in [-0.4, -0.2) is 129 Å². The van der Waals surface area contributed by atoms with Crippen LogP contribution in [0.2, 0.25) is 18.1 Å². The average Bonchev–Trinajstić information content (AvgIpc) is 3.05. The van der Waals surface area contributed by atoms with Crippen molar-refractivity contribution in [1.29, 1.82) is 0 Å². The Morgan fingerprint density at radius 3 is 2.16 bits per heavy atom. The molecule has 24 heteroatoms. The van der Waals surface area contributed by atoms with E-state index in [1.807, 2.05) is 49.4 Å². The van der Waals surface area contributed by atoms with Crippen molar-refractivity contribution in [2.75, 3.05) is 45.1 Å². The maximum absolute atomic E-state index is 14.3. The van der Waals surface area contributed by atoms with Gasteiger partial charge in [-0.2, -0.15) is 10.2 Å². The van der Waals surface area contributed by atoms with Crippen LogP contribution in [0, 0.1) is 13.8 Å². The number of rotatable bonds is 27. The van der Waals surface area contributed by atoms with Crippen molar-refractivity contribution >= 4 is 60.0 Å². The van der Waals surface area contributed by atoms with Gasteiger partial charge in [-0.05, 0) is 100 Å². The second kappa shape index (κ2) is 27.1. The minimum absolute atomic E-state index is 0.125. The maximum Gasteiger partial charge on any atom is 0.276 e. The quantitative estimate of drug-likeness (QED) is 0.0213. The number of amides is 3. The molecule has 3 amide bonds. The lowest BCUT2D eigenvalue weighted by Gasteiger charge is -2.51. The van der Waals surface area contributed by atoms with E-state index in [9.17, 15) is 14.4 Å². The molecular formula is C62H84N12O11Si. The van der Waals surface area contributed by atoms with Crippen molar-refractivity contribution < 1.29 is 52.0 Å². The molecule has 3 aromatic carbocycles. The molecule has 0 bridgehead atoms. The first-order valence-corrected chi connectivity index (χ1v) is 32.5. The van der Waals surface area contributed by atoms with Crippen LogP contribution in [0.5, 0.6) is 11.5 Å². The lowest BCUT2D eigenvalue weighted by atomic mass is 9.97. The van der Waals surface area contributed by atoms with Crippen molar-refractivity contribution in [2.24, 2.45) is 11.5 Å². The van der Waals surface area contributed by atoms with E-state index in [0.29, 0.717) is 57.9 Å². The van der Waals surface area contributed by atoms with Gasteiger partial charge in [0, 0.05) is 62.1 Å². The summed E-state index contributed by atoms with van der Waals surface area (Å²) >= 11 is 0. The monoisotopic (exact) mass is 1200 g/mol. The predicted molar refractivity (Wildman–Crippen MR) is 329 cm³/mol. The molecule has 0 radical (unpaired) electrons. The topological polar surface area (TPSA) is 286 Å². The molecular weight excluding hydrogens is 1120 g/mol. The maximum atomic E-state index is 14.3. The summed E-state index contributed by atoms with van der Waals surface area (Å²) in [6, 6.07) is 17.8. The molecule has 2 saturated heterocycles. The molecule has 2 aliphatic rings. The average molecular weight is 1200 g/mol. The highest BCUT2D eigenvalue weighted by Gasteiger charge is 2.54. The molecule has 2 aliphatic heterocycles. The van der Waals surface area contributed by atoms with Crippen LogP contribution in [0.1, 0.15) is 126 Å². The van der Waals surface area contributed by atoms with Gasteiger partial charge >= 0.3 is 0 Å². The number of nitrogens with zero attached hydrogens (tertiary/aromatic N) is 8. The first kappa shape index (κ1) is 63.1. The van der Waals surface area contributed by atoms with Crippen molar-refractivity contribution in [2.45, 2.75) is 168 Å². The number of nitrogens with two attached hydrogens (primary N) is 3. The highest BCUT2D eigenvalue weighted by Crippen LogP contribution is 2.43. The number of carbonyl (C=O) groups excluding carboxylic acids is 3. The number of nitrogen functional groups attached to an aromatic ring is 1. The predicted octanol–water partition coefficient (Wildman–Crippen LogP) is 8.72. The molecule has 0 spiro atoms. The van der Waals surface area contributed by atoms with Crippen molar-refractivity contribution in [1.82, 2.24) is 38.7 Å². The number of methoxy groups -OCH3 is 2. The summed E-state index contributed by atoms with van der Waals surface area (Å²) in [7, 11) is 0.646. The fourth-order valence-electron chi connectivity index (χ4n) is 11.1. The number of carbonyl (C=O) groups is 3. The number of aryl methyl sites for hydroxylation is 4. The zero-order chi connectivity index (χ0) is 61.6. The van der Waals surface area contributed by atoms with Crippen LogP contribution in [0.15, 0.2) is 72.8 Å². The Labute approximate surface area is 502 Å². The number of unbranched alkanes of at least 4 members (excludes halogenated alkanes) is 2. The van der Waals surface area contributed by atoms with Gasteiger partial charge in [0.15, 0.2) is 20.9 Å². The number of allylic oxidation sites excluding steroid dienone is 2. The fraction of sp³-hybridized carbons (Fsp3) is 0.500. The number of aromatic nitrogens is 8. The van der Waals surface area contributed by atoms with Crippen molar-refractivity contribution in [3.63, 3.8) is 0 Å². The lowest BCUT2D eigenvalue weighted by Crippen LogP contribution is -2.66. The Morgan fingerprint density at radius 2 is 1.50 bits per heavy atom. The van der Waals surface area contributed by atoms with Gasteiger partial charge in [-0.15, -0.1) is 0 Å². The third-order valence-corrected chi connectivity index (χ3v) is 21.0. The third-order valence-electron chi connectivity index (χ3n) is 16.5. The van der Waals surface area contributed by atoms with Crippen molar-refractivity contribution in [3.05, 3.63) is 118 Å². The molecule has 9 rings (SSSR count). The molecule has 6 heterocycles. The molecule has 2 fully saturated rings. The Balaban J connectivity index is 0.903. The number of fused-ring (bicyclic) bond motifs is 3. The van der Waals surface area contributed by atoms with E-state index < -0.39 is 63.0 Å². The smallest absolute Gasteiger partial charge is 0.276 e. The molecule has 6 atom stereocenters. The normalized spacial score (nSPS) is 19.2. The number of nitrogens with one attached hydrogen (secondary N) is 1.